The van der Waals surface area contributed by atoms with E-state index in [1.54, 1.807) is 0 Å². The zero-order chi connectivity index (χ0) is 12.8. The van der Waals surface area contributed by atoms with Crippen LogP contribution in [-0.4, -0.2) is 29.6 Å². The van der Waals surface area contributed by atoms with Crippen LogP contribution in [0.5, 0.6) is 0 Å². The number of carboxylic acid groups (broad SMARTS) is 1. The Kier molecular flexibility index (Phi) is 5.41. The minimum atomic E-state index is -0.803. The fourth-order valence-electron chi connectivity index (χ4n) is 2.31. The van der Waals surface area contributed by atoms with Gasteiger partial charge in [-0.25, -0.2) is 0 Å². The van der Waals surface area contributed by atoms with Crippen LogP contribution in [0.4, 0.5) is 0 Å². The van der Waals surface area contributed by atoms with Gasteiger partial charge in [-0.05, 0) is 32.2 Å². The summed E-state index contributed by atoms with van der Waals surface area (Å²) in [6, 6.07) is -0.194. The van der Waals surface area contributed by atoms with Gasteiger partial charge >= 0.3 is 5.97 Å². The third kappa shape index (κ3) is 4.00. The maximum atomic E-state index is 11.8. The summed E-state index contributed by atoms with van der Waals surface area (Å²) in [6.45, 7) is 2.44. The Morgan fingerprint density at radius 1 is 1.47 bits per heavy atom. The molecule has 3 unspecified atom stereocenters. The number of hydrogen-bond donors (Lipinski definition) is 3. The molecule has 3 atom stereocenters. The van der Waals surface area contributed by atoms with Crippen molar-refractivity contribution in [2.24, 2.45) is 17.6 Å². The maximum absolute atomic E-state index is 11.8. The number of hydrogen-bond acceptors (Lipinski definition) is 3. The molecule has 17 heavy (non-hydrogen) atoms. The van der Waals surface area contributed by atoms with Crippen molar-refractivity contribution >= 4 is 11.9 Å². The van der Waals surface area contributed by atoms with Crippen molar-refractivity contribution in [3.05, 3.63) is 0 Å². The number of amides is 1. The molecule has 0 bridgehead atoms. The Hall–Kier alpha value is -1.10. The molecule has 1 aliphatic carbocycles. The first-order chi connectivity index (χ1) is 8.06. The van der Waals surface area contributed by atoms with Gasteiger partial charge in [0.15, 0.2) is 0 Å². The molecule has 1 aliphatic rings. The molecule has 0 saturated heterocycles. The van der Waals surface area contributed by atoms with E-state index in [9.17, 15) is 9.59 Å². The fraction of sp³-hybridized carbons (Fsp3) is 0.833. The highest BCUT2D eigenvalue weighted by Gasteiger charge is 2.34. The van der Waals surface area contributed by atoms with E-state index in [1.165, 1.54) is 0 Å². The van der Waals surface area contributed by atoms with Crippen LogP contribution in [0.3, 0.4) is 0 Å². The molecule has 0 heterocycles. The summed E-state index contributed by atoms with van der Waals surface area (Å²) in [5, 5.41) is 11.9. The summed E-state index contributed by atoms with van der Waals surface area (Å²) in [7, 11) is 0. The largest absolute Gasteiger partial charge is 0.481 e. The van der Waals surface area contributed by atoms with Gasteiger partial charge in [0.25, 0.3) is 0 Å². The van der Waals surface area contributed by atoms with Crippen molar-refractivity contribution in [1.82, 2.24) is 5.32 Å². The first-order valence-corrected chi connectivity index (χ1v) is 6.29. The van der Waals surface area contributed by atoms with Crippen LogP contribution in [0.1, 0.15) is 39.0 Å². The first kappa shape index (κ1) is 14.0. The number of carboxylic acids is 1. The summed E-state index contributed by atoms with van der Waals surface area (Å²) in [5.41, 5.74) is 5.39. The lowest BCUT2D eigenvalue weighted by molar-refractivity contribution is -0.142. The summed E-state index contributed by atoms with van der Waals surface area (Å²) in [5.74, 6) is -1.35. The van der Waals surface area contributed by atoms with Crippen molar-refractivity contribution in [3.63, 3.8) is 0 Å². The Morgan fingerprint density at radius 3 is 2.76 bits per heavy atom. The minimum Gasteiger partial charge on any atom is -0.481 e. The predicted octanol–water partition coefficient (Wildman–Crippen LogP) is 0.731. The molecule has 0 spiro atoms. The van der Waals surface area contributed by atoms with Crippen LogP contribution in [0.15, 0.2) is 0 Å². The molecular weight excluding hydrogens is 220 g/mol. The SMILES string of the molecule is CC(CCCN)C(=O)NC1CCCC1C(=O)O. The Bertz CT molecular complexity index is 281. The fourth-order valence-corrected chi connectivity index (χ4v) is 2.31. The van der Waals surface area contributed by atoms with E-state index in [0.29, 0.717) is 13.0 Å². The minimum absolute atomic E-state index is 0.0448. The van der Waals surface area contributed by atoms with Gasteiger partial charge in [0, 0.05) is 12.0 Å². The molecular formula is C12H22N2O3. The van der Waals surface area contributed by atoms with Crippen LogP contribution in [0.2, 0.25) is 0 Å². The molecule has 98 valence electrons. The molecule has 1 fully saturated rings. The Morgan fingerprint density at radius 2 is 2.18 bits per heavy atom. The van der Waals surface area contributed by atoms with E-state index in [2.05, 4.69) is 5.32 Å². The highest BCUT2D eigenvalue weighted by atomic mass is 16.4. The monoisotopic (exact) mass is 242 g/mol. The Labute approximate surface area is 102 Å². The Balaban J connectivity index is 2.42. The molecule has 1 amide bonds. The third-order valence-electron chi connectivity index (χ3n) is 3.45. The molecule has 5 nitrogen and oxygen atoms in total. The molecule has 0 aliphatic heterocycles. The van der Waals surface area contributed by atoms with E-state index in [1.807, 2.05) is 6.92 Å². The van der Waals surface area contributed by atoms with Crippen molar-refractivity contribution in [3.8, 4) is 0 Å². The summed E-state index contributed by atoms with van der Waals surface area (Å²) >= 11 is 0. The van der Waals surface area contributed by atoms with Gasteiger partial charge in [-0.1, -0.05) is 13.3 Å². The summed E-state index contributed by atoms with van der Waals surface area (Å²) in [4.78, 5) is 22.8. The lowest BCUT2D eigenvalue weighted by atomic mass is 10.0. The highest BCUT2D eigenvalue weighted by Crippen LogP contribution is 2.26. The second-order valence-electron chi connectivity index (χ2n) is 4.82. The van der Waals surface area contributed by atoms with Crippen LogP contribution in [-0.2, 0) is 9.59 Å². The van der Waals surface area contributed by atoms with Crippen molar-refractivity contribution < 1.29 is 14.7 Å². The topological polar surface area (TPSA) is 92.4 Å². The standard InChI is InChI=1S/C12H22N2O3/c1-8(4-3-7-13)11(15)14-10-6-2-5-9(10)12(16)17/h8-10H,2-7,13H2,1H3,(H,14,15)(H,16,17). The van der Waals surface area contributed by atoms with E-state index < -0.39 is 11.9 Å². The number of nitrogens with two attached hydrogens (primary N) is 1. The summed E-state index contributed by atoms with van der Waals surface area (Å²) < 4.78 is 0. The number of aliphatic carboxylic acids is 1. The second-order valence-corrected chi connectivity index (χ2v) is 4.82. The smallest absolute Gasteiger partial charge is 0.308 e. The van der Waals surface area contributed by atoms with E-state index in [4.69, 9.17) is 10.8 Å². The van der Waals surface area contributed by atoms with Crippen molar-refractivity contribution in [2.75, 3.05) is 6.54 Å². The molecule has 0 aromatic rings. The van der Waals surface area contributed by atoms with Crippen molar-refractivity contribution in [2.45, 2.75) is 45.1 Å². The van der Waals surface area contributed by atoms with E-state index in [0.717, 1.165) is 25.7 Å². The molecule has 1 rings (SSSR count). The molecule has 1 saturated carbocycles. The van der Waals surface area contributed by atoms with Gasteiger partial charge in [0.05, 0.1) is 5.92 Å². The van der Waals surface area contributed by atoms with Crippen LogP contribution in [0, 0.1) is 11.8 Å². The third-order valence-corrected chi connectivity index (χ3v) is 3.45. The quantitative estimate of drug-likeness (QED) is 0.640. The molecule has 5 heteroatoms. The van der Waals surface area contributed by atoms with Crippen molar-refractivity contribution in [1.29, 1.82) is 0 Å². The highest BCUT2D eigenvalue weighted by molar-refractivity contribution is 5.80. The average Bonchev–Trinajstić information content (AvgIpc) is 2.73. The van der Waals surface area contributed by atoms with E-state index >= 15 is 0 Å². The number of nitrogens with one attached hydrogen (secondary N) is 1. The summed E-state index contributed by atoms with van der Waals surface area (Å²) in [6.07, 6.45) is 3.89. The number of carbonyl (C=O) groups excluding carboxylic acids is 1. The molecule has 4 N–H and O–H groups in total. The van der Waals surface area contributed by atoms with Gasteiger partial charge < -0.3 is 16.2 Å². The van der Waals surface area contributed by atoms with Gasteiger partial charge in [-0.15, -0.1) is 0 Å². The first-order valence-electron chi connectivity index (χ1n) is 6.29. The predicted molar refractivity (Wildman–Crippen MR) is 64.4 cm³/mol. The molecule has 0 aromatic heterocycles. The van der Waals surface area contributed by atoms with E-state index in [-0.39, 0.29) is 17.9 Å². The number of carbonyl (C=O) groups is 2. The van der Waals surface area contributed by atoms with Crippen LogP contribution in [0.25, 0.3) is 0 Å². The lowest BCUT2D eigenvalue weighted by Crippen LogP contribution is -2.42. The van der Waals surface area contributed by atoms with Gasteiger partial charge in [0.2, 0.25) is 5.91 Å². The maximum Gasteiger partial charge on any atom is 0.308 e. The molecule has 0 radical (unpaired) electrons. The van der Waals surface area contributed by atoms with Crippen LogP contribution < -0.4 is 11.1 Å². The second kappa shape index (κ2) is 6.59. The lowest BCUT2D eigenvalue weighted by Gasteiger charge is -2.20. The number of rotatable bonds is 6. The average molecular weight is 242 g/mol. The zero-order valence-corrected chi connectivity index (χ0v) is 10.3. The van der Waals surface area contributed by atoms with Crippen LogP contribution >= 0.6 is 0 Å². The van der Waals surface area contributed by atoms with Gasteiger partial charge in [-0.3, -0.25) is 9.59 Å². The zero-order valence-electron chi connectivity index (χ0n) is 10.3. The van der Waals surface area contributed by atoms with Gasteiger partial charge in [0.1, 0.15) is 0 Å². The normalized spacial score (nSPS) is 25.5. The van der Waals surface area contributed by atoms with Gasteiger partial charge in [-0.2, -0.15) is 0 Å². The molecule has 0 aromatic carbocycles.